The van der Waals surface area contributed by atoms with E-state index in [1.807, 2.05) is 11.9 Å². The van der Waals surface area contributed by atoms with Gasteiger partial charge in [-0.25, -0.2) is 4.98 Å². The number of carbonyl (C=O) groups excluding carboxylic acids is 1. The lowest BCUT2D eigenvalue weighted by atomic mass is 9.91. The monoisotopic (exact) mass is 358 g/mol. The first-order valence-corrected chi connectivity index (χ1v) is 8.58. The van der Waals surface area contributed by atoms with Crippen LogP contribution in [0.15, 0.2) is 30.6 Å². The Hall–Kier alpha value is -2.74. The van der Waals surface area contributed by atoms with Crippen LogP contribution in [-0.4, -0.2) is 38.5 Å². The Labute approximate surface area is 151 Å². The highest BCUT2D eigenvalue weighted by molar-refractivity contribution is 5.95. The van der Waals surface area contributed by atoms with Gasteiger partial charge in [0.15, 0.2) is 5.78 Å². The van der Waals surface area contributed by atoms with Crippen LogP contribution in [0, 0.1) is 16.0 Å². The normalized spacial score (nSPS) is 18.6. The van der Waals surface area contributed by atoms with E-state index < -0.39 is 11.0 Å². The van der Waals surface area contributed by atoms with Crippen LogP contribution in [0.2, 0.25) is 0 Å². The molecule has 1 aromatic carbocycles. The molecule has 3 rings (SSSR count). The number of nitrogens with zero attached hydrogens (tertiary/aromatic N) is 4. The number of aliphatic hydroxyl groups excluding tert-OH is 1. The van der Waals surface area contributed by atoms with Gasteiger partial charge in [-0.15, -0.1) is 0 Å². The predicted octanol–water partition coefficient (Wildman–Crippen LogP) is 2.48. The summed E-state index contributed by atoms with van der Waals surface area (Å²) < 4.78 is 1.79. The highest BCUT2D eigenvalue weighted by atomic mass is 16.6. The average molecular weight is 358 g/mol. The molecule has 2 atom stereocenters. The van der Waals surface area contributed by atoms with Crippen molar-refractivity contribution in [2.24, 2.45) is 13.0 Å². The molecule has 0 aliphatic carbocycles. The van der Waals surface area contributed by atoms with Gasteiger partial charge in [0, 0.05) is 50.1 Å². The molecule has 8 nitrogen and oxygen atoms in total. The van der Waals surface area contributed by atoms with E-state index in [0.717, 1.165) is 12.8 Å². The van der Waals surface area contributed by atoms with Crippen LogP contribution in [0.4, 0.5) is 11.4 Å². The molecule has 2 heterocycles. The van der Waals surface area contributed by atoms with Crippen LogP contribution in [0.25, 0.3) is 0 Å². The van der Waals surface area contributed by atoms with Crippen LogP contribution in [-0.2, 0) is 7.05 Å². The minimum atomic E-state index is -0.728. The molecule has 1 saturated heterocycles. The van der Waals surface area contributed by atoms with Crippen molar-refractivity contribution in [3.63, 3.8) is 0 Å². The van der Waals surface area contributed by atoms with Crippen molar-refractivity contribution in [2.45, 2.75) is 25.9 Å². The molecular weight excluding hydrogens is 336 g/mol. The molecule has 0 spiro atoms. The summed E-state index contributed by atoms with van der Waals surface area (Å²) in [4.78, 5) is 28.7. The van der Waals surface area contributed by atoms with Gasteiger partial charge in [-0.3, -0.25) is 14.9 Å². The van der Waals surface area contributed by atoms with Gasteiger partial charge in [0.2, 0.25) is 0 Å². The molecule has 0 bridgehead atoms. The Morgan fingerprint density at radius 1 is 1.46 bits per heavy atom. The van der Waals surface area contributed by atoms with Crippen molar-refractivity contribution >= 4 is 17.2 Å². The van der Waals surface area contributed by atoms with Gasteiger partial charge in [-0.05, 0) is 31.9 Å². The molecule has 8 heteroatoms. The molecule has 2 aromatic rings. The number of nitro groups is 1. The number of nitro benzene ring substituents is 1. The predicted molar refractivity (Wildman–Crippen MR) is 96.2 cm³/mol. The molecule has 1 aliphatic heterocycles. The summed E-state index contributed by atoms with van der Waals surface area (Å²) in [6.07, 6.45) is 4.34. The zero-order valence-electron chi connectivity index (χ0n) is 14.8. The quantitative estimate of drug-likeness (QED) is 0.500. The smallest absolute Gasteiger partial charge is 0.293 e. The minimum Gasteiger partial charge on any atom is -0.385 e. The summed E-state index contributed by atoms with van der Waals surface area (Å²) >= 11 is 0. The zero-order chi connectivity index (χ0) is 18.8. The minimum absolute atomic E-state index is 0.0723. The first-order chi connectivity index (χ1) is 12.4. The van der Waals surface area contributed by atoms with Crippen LogP contribution >= 0.6 is 0 Å². The van der Waals surface area contributed by atoms with Crippen LogP contribution in [0.3, 0.4) is 0 Å². The third-order valence-electron chi connectivity index (χ3n) is 4.95. The summed E-state index contributed by atoms with van der Waals surface area (Å²) in [7, 11) is 1.83. The molecule has 0 amide bonds. The number of hydrogen-bond donors (Lipinski definition) is 1. The molecule has 0 radical (unpaired) electrons. The molecule has 1 fully saturated rings. The molecule has 0 saturated carbocycles. The van der Waals surface area contributed by atoms with Gasteiger partial charge >= 0.3 is 0 Å². The van der Waals surface area contributed by atoms with E-state index in [1.54, 1.807) is 29.1 Å². The number of Topliss-reactive ketones (excluding diaryl/α,β-unsaturated/α-hetero) is 1. The number of aromatic nitrogens is 2. The summed E-state index contributed by atoms with van der Waals surface area (Å²) in [5.74, 6) is 0.316. The van der Waals surface area contributed by atoms with Crippen molar-refractivity contribution in [1.82, 2.24) is 9.55 Å². The van der Waals surface area contributed by atoms with E-state index in [4.69, 9.17) is 0 Å². The average Bonchev–Trinajstić information content (AvgIpc) is 3.06. The largest absolute Gasteiger partial charge is 0.385 e. The van der Waals surface area contributed by atoms with Gasteiger partial charge in [0.25, 0.3) is 5.69 Å². The third kappa shape index (κ3) is 3.45. The van der Waals surface area contributed by atoms with Crippen molar-refractivity contribution in [1.29, 1.82) is 0 Å². The Morgan fingerprint density at radius 3 is 2.85 bits per heavy atom. The number of ketones is 1. The molecule has 2 unspecified atom stereocenters. The Bertz CT molecular complexity index is 832. The van der Waals surface area contributed by atoms with Crippen molar-refractivity contribution < 1.29 is 14.8 Å². The molecule has 1 N–H and O–H groups in total. The van der Waals surface area contributed by atoms with Gasteiger partial charge < -0.3 is 14.6 Å². The van der Waals surface area contributed by atoms with E-state index in [1.165, 1.54) is 13.0 Å². The SMILES string of the molecule is CC(=O)c1ccc(N2CCCC(C(O)c3nccn3C)C2)c([N+](=O)[O-])c1. The summed E-state index contributed by atoms with van der Waals surface area (Å²) in [5, 5.41) is 22.2. The zero-order valence-corrected chi connectivity index (χ0v) is 14.8. The molecular formula is C18H22N4O4. The number of aryl methyl sites for hydroxylation is 1. The van der Waals surface area contributed by atoms with Gasteiger partial charge in [-0.2, -0.15) is 0 Å². The maximum Gasteiger partial charge on any atom is 0.293 e. The second-order valence-corrected chi connectivity index (χ2v) is 6.71. The van der Waals surface area contributed by atoms with Crippen molar-refractivity contribution in [3.8, 4) is 0 Å². The molecule has 138 valence electrons. The van der Waals surface area contributed by atoms with E-state index >= 15 is 0 Å². The topological polar surface area (TPSA) is 102 Å². The standard InChI is InChI=1S/C18H22N4O4/c1-12(23)13-5-6-15(16(10-13)22(25)26)21-8-3-4-14(11-21)17(24)18-19-7-9-20(18)2/h5-7,9-10,14,17,24H,3-4,8,11H2,1-2H3. The van der Waals surface area contributed by atoms with E-state index in [-0.39, 0.29) is 17.4 Å². The number of aliphatic hydroxyl groups is 1. The molecule has 1 aromatic heterocycles. The number of rotatable bonds is 5. The number of benzene rings is 1. The maximum absolute atomic E-state index is 11.5. The number of piperidine rings is 1. The van der Waals surface area contributed by atoms with Gasteiger partial charge in [0.05, 0.1) is 4.92 Å². The van der Waals surface area contributed by atoms with Gasteiger partial charge in [-0.1, -0.05) is 0 Å². The highest BCUT2D eigenvalue weighted by Crippen LogP contribution is 2.35. The van der Waals surface area contributed by atoms with Crippen LogP contribution < -0.4 is 4.90 Å². The lowest BCUT2D eigenvalue weighted by molar-refractivity contribution is -0.384. The maximum atomic E-state index is 11.5. The Morgan fingerprint density at radius 2 is 2.23 bits per heavy atom. The number of carbonyl (C=O) groups is 1. The Balaban J connectivity index is 1.87. The van der Waals surface area contributed by atoms with Crippen LogP contribution in [0.1, 0.15) is 42.1 Å². The fourth-order valence-corrected chi connectivity index (χ4v) is 3.52. The summed E-state index contributed by atoms with van der Waals surface area (Å²) in [5.41, 5.74) is 0.726. The molecule has 26 heavy (non-hydrogen) atoms. The third-order valence-corrected chi connectivity index (χ3v) is 4.95. The van der Waals surface area contributed by atoms with Crippen molar-refractivity contribution in [2.75, 3.05) is 18.0 Å². The first-order valence-electron chi connectivity index (χ1n) is 8.58. The van der Waals surface area contributed by atoms with E-state index in [0.29, 0.717) is 30.2 Å². The lowest BCUT2D eigenvalue weighted by Gasteiger charge is -2.36. The van der Waals surface area contributed by atoms with Crippen LogP contribution in [0.5, 0.6) is 0 Å². The first kappa shape index (κ1) is 18.1. The number of imidazole rings is 1. The Kier molecular flexibility index (Phi) is 5.03. The van der Waals surface area contributed by atoms with E-state index in [2.05, 4.69) is 4.98 Å². The van der Waals surface area contributed by atoms with Gasteiger partial charge in [0.1, 0.15) is 17.6 Å². The second kappa shape index (κ2) is 7.25. The van der Waals surface area contributed by atoms with E-state index in [9.17, 15) is 20.0 Å². The second-order valence-electron chi connectivity index (χ2n) is 6.71. The molecule has 1 aliphatic rings. The fourth-order valence-electron chi connectivity index (χ4n) is 3.52. The highest BCUT2D eigenvalue weighted by Gasteiger charge is 2.31. The number of hydrogen-bond acceptors (Lipinski definition) is 6. The van der Waals surface area contributed by atoms with Crippen molar-refractivity contribution in [3.05, 3.63) is 52.1 Å². The lowest BCUT2D eigenvalue weighted by Crippen LogP contribution is -2.38. The summed E-state index contributed by atoms with van der Waals surface area (Å²) in [6, 6.07) is 4.57. The number of anilines is 1. The summed E-state index contributed by atoms with van der Waals surface area (Å²) in [6.45, 7) is 2.55. The fraction of sp³-hybridized carbons (Fsp3) is 0.444.